The Morgan fingerprint density at radius 2 is 2.11 bits per heavy atom. The fourth-order valence-corrected chi connectivity index (χ4v) is 1.92. The number of hydrogen-bond acceptors (Lipinski definition) is 2. The molecule has 1 N–H and O–H groups in total. The van der Waals surface area contributed by atoms with Gasteiger partial charge in [0.2, 0.25) is 0 Å². The number of nitrogens with zero attached hydrogens (tertiary/aromatic N) is 2. The van der Waals surface area contributed by atoms with Crippen molar-refractivity contribution >= 4 is 21.6 Å². The zero-order valence-electron chi connectivity index (χ0n) is 9.75. The van der Waals surface area contributed by atoms with Gasteiger partial charge < -0.3 is 9.88 Å². The molecule has 0 amide bonds. The molecule has 0 saturated heterocycles. The average molecular weight is 316 g/mol. The molecule has 0 unspecified atom stereocenters. The van der Waals surface area contributed by atoms with Gasteiger partial charge in [0, 0.05) is 38.5 Å². The molecule has 0 aliphatic carbocycles. The van der Waals surface area contributed by atoms with Gasteiger partial charge in [-0.25, -0.2) is 13.8 Å². The number of aromatic nitrogens is 2. The number of benzene rings is 1. The van der Waals surface area contributed by atoms with Crippen LogP contribution in [0.4, 0.5) is 14.5 Å². The second-order valence-corrected chi connectivity index (χ2v) is 4.73. The van der Waals surface area contributed by atoms with E-state index in [0.29, 0.717) is 13.0 Å². The van der Waals surface area contributed by atoms with E-state index in [0.717, 1.165) is 18.0 Å². The largest absolute Gasteiger partial charge is 0.382 e. The first-order valence-electron chi connectivity index (χ1n) is 5.42. The highest BCUT2D eigenvalue weighted by Gasteiger charge is 2.08. The maximum Gasteiger partial charge on any atom is 0.147 e. The highest BCUT2D eigenvalue weighted by molar-refractivity contribution is 9.10. The summed E-state index contributed by atoms with van der Waals surface area (Å²) in [6, 6.07) is 2.25. The molecule has 0 saturated carbocycles. The SMILES string of the molecule is Cn1ccnc1CCNc1cc(F)c(Br)cc1F. The van der Waals surface area contributed by atoms with E-state index in [2.05, 4.69) is 26.2 Å². The predicted octanol–water partition coefficient (Wildman–Crippen LogP) is 3.12. The third-order valence-corrected chi connectivity index (χ3v) is 3.20. The lowest BCUT2D eigenvalue weighted by atomic mass is 10.3. The quantitative estimate of drug-likeness (QED) is 0.879. The van der Waals surface area contributed by atoms with Gasteiger partial charge in [0.05, 0.1) is 10.2 Å². The molecule has 2 aromatic rings. The van der Waals surface area contributed by atoms with Crippen molar-refractivity contribution in [3.05, 3.63) is 46.5 Å². The van der Waals surface area contributed by atoms with Crippen LogP contribution in [0.15, 0.2) is 29.0 Å². The Kier molecular flexibility index (Phi) is 3.96. The molecule has 1 heterocycles. The van der Waals surface area contributed by atoms with E-state index in [4.69, 9.17) is 0 Å². The second-order valence-electron chi connectivity index (χ2n) is 3.88. The Labute approximate surface area is 112 Å². The van der Waals surface area contributed by atoms with Crippen LogP contribution in [0.5, 0.6) is 0 Å². The maximum absolute atomic E-state index is 13.5. The lowest BCUT2D eigenvalue weighted by molar-refractivity contribution is 0.596. The molecule has 0 aliphatic heterocycles. The highest BCUT2D eigenvalue weighted by Crippen LogP contribution is 2.23. The van der Waals surface area contributed by atoms with Crippen LogP contribution < -0.4 is 5.32 Å². The van der Waals surface area contributed by atoms with E-state index in [-0.39, 0.29) is 10.2 Å². The number of imidazole rings is 1. The van der Waals surface area contributed by atoms with Gasteiger partial charge in [0.15, 0.2) is 0 Å². The van der Waals surface area contributed by atoms with Gasteiger partial charge in [0.1, 0.15) is 17.5 Å². The normalized spacial score (nSPS) is 10.7. The van der Waals surface area contributed by atoms with E-state index in [1.807, 2.05) is 17.8 Å². The first-order valence-corrected chi connectivity index (χ1v) is 6.22. The number of hydrogen-bond donors (Lipinski definition) is 1. The second kappa shape index (κ2) is 5.48. The van der Waals surface area contributed by atoms with Crippen LogP contribution in [0.25, 0.3) is 0 Å². The van der Waals surface area contributed by atoms with Crippen molar-refractivity contribution in [1.29, 1.82) is 0 Å². The van der Waals surface area contributed by atoms with Crippen molar-refractivity contribution in [3.8, 4) is 0 Å². The lowest BCUT2D eigenvalue weighted by Crippen LogP contribution is -2.09. The molecule has 0 radical (unpaired) electrons. The number of aryl methyl sites for hydroxylation is 1. The van der Waals surface area contributed by atoms with E-state index in [9.17, 15) is 8.78 Å². The molecular formula is C12H12BrF2N3. The molecule has 2 rings (SSSR count). The van der Waals surface area contributed by atoms with Crippen molar-refractivity contribution in [2.24, 2.45) is 7.05 Å². The summed E-state index contributed by atoms with van der Waals surface area (Å²) in [6.07, 6.45) is 4.19. The van der Waals surface area contributed by atoms with Gasteiger partial charge in [-0.3, -0.25) is 0 Å². The summed E-state index contributed by atoms with van der Waals surface area (Å²) >= 11 is 2.93. The molecule has 96 valence electrons. The van der Waals surface area contributed by atoms with Crippen molar-refractivity contribution in [2.75, 3.05) is 11.9 Å². The standard InChI is InChI=1S/C12H12BrF2N3/c1-18-5-4-17-12(18)2-3-16-11-7-9(14)8(13)6-10(11)15/h4-7,16H,2-3H2,1H3. The number of nitrogens with one attached hydrogen (secondary N) is 1. The lowest BCUT2D eigenvalue weighted by Gasteiger charge is -2.08. The molecule has 6 heteroatoms. The van der Waals surface area contributed by atoms with Crippen molar-refractivity contribution in [2.45, 2.75) is 6.42 Å². The molecule has 0 bridgehead atoms. The first kappa shape index (κ1) is 13.0. The van der Waals surface area contributed by atoms with E-state index in [1.54, 1.807) is 6.20 Å². The Balaban J connectivity index is 1.99. The van der Waals surface area contributed by atoms with Crippen molar-refractivity contribution in [3.63, 3.8) is 0 Å². The van der Waals surface area contributed by atoms with Crippen LogP contribution in [0.1, 0.15) is 5.82 Å². The highest BCUT2D eigenvalue weighted by atomic mass is 79.9. The topological polar surface area (TPSA) is 29.9 Å². The summed E-state index contributed by atoms with van der Waals surface area (Å²) < 4.78 is 28.8. The van der Waals surface area contributed by atoms with Crippen LogP contribution >= 0.6 is 15.9 Å². The summed E-state index contributed by atoms with van der Waals surface area (Å²) in [5, 5.41) is 2.86. The van der Waals surface area contributed by atoms with Crippen LogP contribution in [0.2, 0.25) is 0 Å². The minimum atomic E-state index is -0.490. The van der Waals surface area contributed by atoms with Crippen LogP contribution in [-0.4, -0.2) is 16.1 Å². The van der Waals surface area contributed by atoms with Gasteiger partial charge in [-0.1, -0.05) is 0 Å². The molecule has 0 spiro atoms. The smallest absolute Gasteiger partial charge is 0.147 e. The molecule has 0 fully saturated rings. The molecule has 18 heavy (non-hydrogen) atoms. The van der Waals surface area contributed by atoms with Crippen molar-refractivity contribution < 1.29 is 8.78 Å². The van der Waals surface area contributed by atoms with Gasteiger partial charge >= 0.3 is 0 Å². The molecule has 1 aromatic heterocycles. The summed E-state index contributed by atoms with van der Waals surface area (Å²) in [5.74, 6) is -0.0838. The monoisotopic (exact) mass is 315 g/mol. The zero-order chi connectivity index (χ0) is 13.1. The Hall–Kier alpha value is -1.43. The number of rotatable bonds is 4. The van der Waals surface area contributed by atoms with E-state index in [1.165, 1.54) is 0 Å². The summed E-state index contributed by atoms with van der Waals surface area (Å²) in [6.45, 7) is 0.489. The fraction of sp³-hybridized carbons (Fsp3) is 0.250. The molecular weight excluding hydrogens is 304 g/mol. The third-order valence-electron chi connectivity index (χ3n) is 2.59. The summed E-state index contributed by atoms with van der Waals surface area (Å²) in [5.41, 5.74) is 0.157. The fourth-order valence-electron chi connectivity index (χ4n) is 1.60. The predicted molar refractivity (Wildman–Crippen MR) is 69.5 cm³/mol. The molecule has 0 aliphatic rings. The Morgan fingerprint density at radius 1 is 1.33 bits per heavy atom. The number of anilines is 1. The van der Waals surface area contributed by atoms with Gasteiger partial charge in [0.25, 0.3) is 0 Å². The minimum Gasteiger partial charge on any atom is -0.382 e. The van der Waals surface area contributed by atoms with Crippen molar-refractivity contribution in [1.82, 2.24) is 9.55 Å². The molecule has 0 atom stereocenters. The maximum atomic E-state index is 13.5. The van der Waals surface area contributed by atoms with Gasteiger partial charge in [-0.05, 0) is 22.0 Å². The van der Waals surface area contributed by atoms with Gasteiger partial charge in [-0.2, -0.15) is 0 Å². The Bertz CT molecular complexity index is 554. The van der Waals surface area contributed by atoms with E-state index >= 15 is 0 Å². The van der Waals surface area contributed by atoms with Crippen LogP contribution in [0.3, 0.4) is 0 Å². The van der Waals surface area contributed by atoms with Crippen LogP contribution in [0, 0.1) is 11.6 Å². The summed E-state index contributed by atoms with van der Waals surface area (Å²) in [7, 11) is 1.89. The molecule has 3 nitrogen and oxygen atoms in total. The van der Waals surface area contributed by atoms with E-state index < -0.39 is 11.6 Å². The van der Waals surface area contributed by atoms with Gasteiger partial charge in [-0.15, -0.1) is 0 Å². The minimum absolute atomic E-state index is 0.120. The number of halogens is 3. The third kappa shape index (κ3) is 2.87. The summed E-state index contributed by atoms with van der Waals surface area (Å²) in [4.78, 5) is 4.15. The Morgan fingerprint density at radius 3 is 2.78 bits per heavy atom. The average Bonchev–Trinajstić information content (AvgIpc) is 2.72. The zero-order valence-corrected chi connectivity index (χ0v) is 11.3. The van der Waals surface area contributed by atoms with Crippen LogP contribution in [-0.2, 0) is 13.5 Å². The first-order chi connectivity index (χ1) is 8.58. The molecule has 1 aromatic carbocycles.